The minimum absolute atomic E-state index is 0.153. The zero-order valence-corrected chi connectivity index (χ0v) is 22.9. The quantitative estimate of drug-likeness (QED) is 0.251. The molecule has 3 aromatic carbocycles. The van der Waals surface area contributed by atoms with E-state index >= 15 is 0 Å². The number of benzene rings is 3. The van der Waals surface area contributed by atoms with E-state index in [9.17, 15) is 9.59 Å². The summed E-state index contributed by atoms with van der Waals surface area (Å²) in [5.74, 6) is 0.347. The molecular weight excluding hydrogens is 597 g/mol. The Morgan fingerprint density at radius 3 is 2.43 bits per heavy atom. The zero-order chi connectivity index (χ0) is 25.1. The van der Waals surface area contributed by atoms with Gasteiger partial charge in [0.1, 0.15) is 6.61 Å². The summed E-state index contributed by atoms with van der Waals surface area (Å²) < 4.78 is 12.3. The predicted octanol–water partition coefficient (Wildman–Crippen LogP) is 8.23. The van der Waals surface area contributed by atoms with Gasteiger partial charge in [0.2, 0.25) is 0 Å². The lowest BCUT2D eigenvalue weighted by atomic mass is 10.1. The van der Waals surface area contributed by atoms with Gasteiger partial charge in [0.15, 0.2) is 11.5 Å². The highest BCUT2D eigenvalue weighted by molar-refractivity contribution is 9.10. The maximum atomic E-state index is 12.9. The SMILES string of the molecule is COc1cc(/C=C2\SC(=O)N(Cc3ccc(Br)cc3)C2=O)cc(Cl)c1OCc1ccc(Cl)cc1Cl. The van der Waals surface area contributed by atoms with Crippen LogP contribution in [0.5, 0.6) is 11.5 Å². The van der Waals surface area contributed by atoms with Crippen LogP contribution in [0.2, 0.25) is 15.1 Å². The van der Waals surface area contributed by atoms with Crippen molar-refractivity contribution in [2.24, 2.45) is 0 Å². The third-order valence-electron chi connectivity index (χ3n) is 5.06. The summed E-state index contributed by atoms with van der Waals surface area (Å²) in [6, 6.07) is 15.9. The van der Waals surface area contributed by atoms with Crippen molar-refractivity contribution < 1.29 is 19.1 Å². The van der Waals surface area contributed by atoms with E-state index in [0.717, 1.165) is 27.4 Å². The van der Waals surface area contributed by atoms with Crippen molar-refractivity contribution >= 4 is 79.7 Å². The summed E-state index contributed by atoms with van der Waals surface area (Å²) in [7, 11) is 1.49. The van der Waals surface area contributed by atoms with Gasteiger partial charge >= 0.3 is 0 Å². The number of nitrogens with zero attached hydrogens (tertiary/aromatic N) is 1. The third-order valence-corrected chi connectivity index (χ3v) is 7.37. The number of amides is 2. The highest BCUT2D eigenvalue weighted by Crippen LogP contribution is 2.40. The van der Waals surface area contributed by atoms with Gasteiger partial charge in [-0.1, -0.05) is 68.9 Å². The molecule has 0 atom stereocenters. The van der Waals surface area contributed by atoms with Crippen LogP contribution in [0.25, 0.3) is 6.08 Å². The van der Waals surface area contributed by atoms with Crippen molar-refractivity contribution in [3.63, 3.8) is 0 Å². The highest BCUT2D eigenvalue weighted by atomic mass is 79.9. The fourth-order valence-electron chi connectivity index (χ4n) is 3.31. The average molecular weight is 614 g/mol. The van der Waals surface area contributed by atoms with Gasteiger partial charge in [-0.05, 0) is 65.4 Å². The molecule has 1 heterocycles. The topological polar surface area (TPSA) is 55.8 Å². The second-order valence-electron chi connectivity index (χ2n) is 7.45. The predicted molar refractivity (Wildman–Crippen MR) is 144 cm³/mol. The number of ether oxygens (including phenoxy) is 2. The van der Waals surface area contributed by atoms with Crippen LogP contribution in [0.1, 0.15) is 16.7 Å². The zero-order valence-electron chi connectivity index (χ0n) is 18.2. The Morgan fingerprint density at radius 1 is 1.00 bits per heavy atom. The first-order valence-electron chi connectivity index (χ1n) is 10.2. The first kappa shape index (κ1) is 25.9. The molecule has 0 saturated carbocycles. The van der Waals surface area contributed by atoms with Crippen molar-refractivity contribution in [1.82, 2.24) is 4.90 Å². The lowest BCUT2D eigenvalue weighted by Gasteiger charge is -2.14. The molecule has 1 aliphatic heterocycles. The molecule has 1 saturated heterocycles. The Balaban J connectivity index is 1.53. The summed E-state index contributed by atoms with van der Waals surface area (Å²) in [5.41, 5.74) is 2.18. The van der Waals surface area contributed by atoms with Gasteiger partial charge in [-0.25, -0.2) is 0 Å². The second kappa shape index (κ2) is 11.3. The fraction of sp³-hybridized carbons (Fsp3) is 0.120. The van der Waals surface area contributed by atoms with E-state index in [1.807, 2.05) is 24.3 Å². The number of hydrogen-bond donors (Lipinski definition) is 0. The minimum atomic E-state index is -0.365. The van der Waals surface area contributed by atoms with Gasteiger partial charge in [-0.3, -0.25) is 14.5 Å². The van der Waals surface area contributed by atoms with E-state index in [-0.39, 0.29) is 29.3 Å². The molecule has 0 radical (unpaired) electrons. The summed E-state index contributed by atoms with van der Waals surface area (Å²) >= 11 is 22.9. The molecule has 180 valence electrons. The van der Waals surface area contributed by atoms with Crippen molar-refractivity contribution in [3.05, 3.63) is 95.7 Å². The lowest BCUT2D eigenvalue weighted by Crippen LogP contribution is -2.27. The molecule has 1 aliphatic rings. The van der Waals surface area contributed by atoms with E-state index in [1.165, 1.54) is 12.0 Å². The fourth-order valence-corrected chi connectivity index (χ4v) is 5.15. The molecule has 0 spiro atoms. The van der Waals surface area contributed by atoms with Crippen molar-refractivity contribution in [2.45, 2.75) is 13.2 Å². The van der Waals surface area contributed by atoms with Crippen LogP contribution < -0.4 is 9.47 Å². The number of thioether (sulfide) groups is 1. The van der Waals surface area contributed by atoms with E-state index in [0.29, 0.717) is 32.0 Å². The van der Waals surface area contributed by atoms with Crippen LogP contribution in [-0.4, -0.2) is 23.2 Å². The maximum Gasteiger partial charge on any atom is 0.293 e. The minimum Gasteiger partial charge on any atom is -0.493 e. The molecule has 35 heavy (non-hydrogen) atoms. The average Bonchev–Trinajstić information content (AvgIpc) is 3.07. The molecule has 4 rings (SSSR count). The van der Waals surface area contributed by atoms with Crippen LogP contribution in [0.3, 0.4) is 0 Å². The molecule has 1 fully saturated rings. The number of imide groups is 1. The van der Waals surface area contributed by atoms with E-state index in [2.05, 4.69) is 15.9 Å². The van der Waals surface area contributed by atoms with Gasteiger partial charge in [-0.15, -0.1) is 0 Å². The molecule has 3 aromatic rings. The Hall–Kier alpha value is -2.16. The smallest absolute Gasteiger partial charge is 0.293 e. The number of hydrogen-bond acceptors (Lipinski definition) is 5. The molecular formula is C25H17BrCl3NO4S. The second-order valence-corrected chi connectivity index (χ2v) is 10.6. The number of rotatable bonds is 7. The van der Waals surface area contributed by atoms with Crippen molar-refractivity contribution in [1.29, 1.82) is 0 Å². The van der Waals surface area contributed by atoms with Crippen LogP contribution in [0.4, 0.5) is 4.79 Å². The van der Waals surface area contributed by atoms with Gasteiger partial charge < -0.3 is 9.47 Å². The maximum absolute atomic E-state index is 12.9. The lowest BCUT2D eigenvalue weighted by molar-refractivity contribution is -0.123. The summed E-state index contributed by atoms with van der Waals surface area (Å²) in [6.45, 7) is 0.347. The number of carbonyl (C=O) groups is 2. The Labute approximate surface area is 230 Å². The first-order chi connectivity index (χ1) is 16.7. The molecule has 0 aromatic heterocycles. The number of methoxy groups -OCH3 is 1. The standard InChI is InChI=1S/C25H17BrCl3NO4S/c1-33-21-9-15(8-20(29)23(21)34-13-16-4-7-18(27)11-19(16)28)10-22-24(31)30(25(32)35-22)12-14-2-5-17(26)6-3-14/h2-11H,12-13H2,1H3/b22-10-. The molecule has 10 heteroatoms. The number of halogens is 4. The molecule has 5 nitrogen and oxygen atoms in total. The molecule has 0 unspecified atom stereocenters. The number of carbonyl (C=O) groups excluding carboxylic acids is 2. The molecule has 0 aliphatic carbocycles. The van der Waals surface area contributed by atoms with Gasteiger partial charge in [0, 0.05) is 20.1 Å². The van der Waals surface area contributed by atoms with Gasteiger partial charge in [0.25, 0.3) is 11.1 Å². The van der Waals surface area contributed by atoms with Crippen LogP contribution >= 0.6 is 62.5 Å². The van der Waals surface area contributed by atoms with Crippen molar-refractivity contribution in [3.8, 4) is 11.5 Å². The van der Waals surface area contributed by atoms with E-state index < -0.39 is 0 Å². The van der Waals surface area contributed by atoms with E-state index in [4.69, 9.17) is 44.3 Å². The Bertz CT molecular complexity index is 1330. The largest absolute Gasteiger partial charge is 0.493 e. The summed E-state index contributed by atoms with van der Waals surface area (Å²) in [4.78, 5) is 26.9. The normalized spacial score (nSPS) is 14.7. The summed E-state index contributed by atoms with van der Waals surface area (Å²) in [6.07, 6.45) is 1.61. The first-order valence-corrected chi connectivity index (χ1v) is 12.9. The Kier molecular flexibility index (Phi) is 8.34. The monoisotopic (exact) mass is 611 g/mol. The third kappa shape index (κ3) is 6.16. The Morgan fingerprint density at radius 2 is 1.74 bits per heavy atom. The van der Waals surface area contributed by atoms with Crippen LogP contribution in [0.15, 0.2) is 64.0 Å². The van der Waals surface area contributed by atoms with E-state index in [1.54, 1.807) is 36.4 Å². The van der Waals surface area contributed by atoms with Crippen LogP contribution in [-0.2, 0) is 17.9 Å². The molecule has 0 N–H and O–H groups in total. The molecule has 0 bridgehead atoms. The van der Waals surface area contributed by atoms with Crippen molar-refractivity contribution in [2.75, 3.05) is 7.11 Å². The molecule has 2 amide bonds. The van der Waals surface area contributed by atoms with Crippen LogP contribution in [0, 0.1) is 0 Å². The highest BCUT2D eigenvalue weighted by Gasteiger charge is 2.35. The van der Waals surface area contributed by atoms with Gasteiger partial charge in [0.05, 0.1) is 23.6 Å². The summed E-state index contributed by atoms with van der Waals surface area (Å²) in [5, 5.41) is 0.958. The van der Waals surface area contributed by atoms with Gasteiger partial charge in [-0.2, -0.15) is 0 Å².